The molecule has 1 amide bonds. The molecule has 2 aromatic rings. The number of rotatable bonds is 9. The van der Waals surface area contributed by atoms with E-state index in [4.69, 9.17) is 4.74 Å². The van der Waals surface area contributed by atoms with Crippen LogP contribution in [0.15, 0.2) is 24.4 Å². The molecule has 6 nitrogen and oxygen atoms in total. The summed E-state index contributed by atoms with van der Waals surface area (Å²) in [7, 11) is 1.72. The molecule has 0 saturated heterocycles. The van der Waals surface area contributed by atoms with E-state index in [0.717, 1.165) is 55.2 Å². The van der Waals surface area contributed by atoms with Gasteiger partial charge in [-0.1, -0.05) is 6.07 Å². The minimum absolute atomic E-state index is 0.0216. The molecule has 30 heavy (non-hydrogen) atoms. The maximum Gasteiger partial charge on any atom is 0.268 e. The SMILES string of the molecule is COCCCNCc1cn2c(C(=O)NCC34CC5CC(CC(C5)C3)C4)cccc2n1. The maximum absolute atomic E-state index is 13.1. The Morgan fingerprint density at radius 3 is 2.63 bits per heavy atom. The molecule has 4 fully saturated rings. The van der Waals surface area contributed by atoms with Crippen LogP contribution in [-0.2, 0) is 11.3 Å². The lowest BCUT2D eigenvalue weighted by atomic mass is 9.49. The number of carbonyl (C=O) groups excluding carboxylic acids is 1. The van der Waals surface area contributed by atoms with Gasteiger partial charge in [0, 0.05) is 33.0 Å². The molecule has 0 radical (unpaired) electrons. The largest absolute Gasteiger partial charge is 0.385 e. The Labute approximate surface area is 178 Å². The van der Waals surface area contributed by atoms with E-state index in [1.165, 1.54) is 38.5 Å². The van der Waals surface area contributed by atoms with Gasteiger partial charge in [0.05, 0.1) is 5.69 Å². The molecule has 0 spiro atoms. The van der Waals surface area contributed by atoms with Gasteiger partial charge in [0.2, 0.25) is 0 Å². The molecule has 0 aromatic carbocycles. The number of imidazole rings is 1. The monoisotopic (exact) mass is 410 g/mol. The molecular formula is C24H34N4O2. The van der Waals surface area contributed by atoms with Crippen molar-refractivity contribution in [2.75, 3.05) is 26.8 Å². The lowest BCUT2D eigenvalue weighted by Crippen LogP contribution is -2.51. The first-order valence-corrected chi connectivity index (χ1v) is 11.6. The molecular weight excluding hydrogens is 376 g/mol. The van der Waals surface area contributed by atoms with Crippen molar-refractivity contribution in [2.24, 2.45) is 23.2 Å². The first-order chi connectivity index (χ1) is 14.6. The Bertz CT molecular complexity index is 870. The lowest BCUT2D eigenvalue weighted by molar-refractivity contribution is -0.0503. The summed E-state index contributed by atoms with van der Waals surface area (Å²) in [4.78, 5) is 17.8. The highest BCUT2D eigenvalue weighted by Crippen LogP contribution is 2.59. The van der Waals surface area contributed by atoms with Crippen LogP contribution < -0.4 is 10.6 Å². The fourth-order valence-electron chi connectivity index (χ4n) is 6.75. The number of methoxy groups -OCH3 is 1. The third kappa shape index (κ3) is 4.00. The minimum Gasteiger partial charge on any atom is -0.385 e. The van der Waals surface area contributed by atoms with Crippen molar-refractivity contribution < 1.29 is 9.53 Å². The van der Waals surface area contributed by atoms with Crippen LogP contribution in [0.5, 0.6) is 0 Å². The number of amides is 1. The predicted octanol–water partition coefficient (Wildman–Crippen LogP) is 3.41. The summed E-state index contributed by atoms with van der Waals surface area (Å²) in [6, 6.07) is 5.79. The smallest absolute Gasteiger partial charge is 0.268 e. The first-order valence-electron chi connectivity index (χ1n) is 11.6. The number of fused-ring (bicyclic) bond motifs is 1. The summed E-state index contributed by atoms with van der Waals surface area (Å²) >= 11 is 0. The topological polar surface area (TPSA) is 67.7 Å². The molecule has 162 valence electrons. The Kier molecular flexibility index (Phi) is 5.54. The normalized spacial score (nSPS) is 29.6. The Morgan fingerprint density at radius 2 is 1.93 bits per heavy atom. The Hall–Kier alpha value is -1.92. The van der Waals surface area contributed by atoms with Crippen LogP contribution in [0.3, 0.4) is 0 Å². The molecule has 4 saturated carbocycles. The van der Waals surface area contributed by atoms with Crippen molar-refractivity contribution in [3.8, 4) is 0 Å². The second-order valence-corrected chi connectivity index (χ2v) is 9.99. The van der Waals surface area contributed by atoms with Crippen LogP contribution in [0.1, 0.15) is 61.1 Å². The van der Waals surface area contributed by atoms with Gasteiger partial charge in [-0.2, -0.15) is 0 Å². The standard InChI is InChI=1S/C24H34N4O2/c1-30-7-3-6-25-14-20-15-28-21(4-2-5-22(28)27-20)23(29)26-16-24-11-17-8-18(12-24)10-19(9-17)13-24/h2,4-5,15,17-19,25H,3,6-14,16H2,1H3,(H,26,29). The van der Waals surface area contributed by atoms with E-state index in [-0.39, 0.29) is 5.91 Å². The van der Waals surface area contributed by atoms with E-state index >= 15 is 0 Å². The average Bonchev–Trinajstić information content (AvgIpc) is 3.14. The van der Waals surface area contributed by atoms with E-state index in [1.807, 2.05) is 28.8 Å². The van der Waals surface area contributed by atoms with Crippen molar-refractivity contribution in [1.29, 1.82) is 0 Å². The first kappa shape index (κ1) is 20.0. The van der Waals surface area contributed by atoms with Crippen molar-refractivity contribution in [3.63, 3.8) is 0 Å². The number of carbonyl (C=O) groups is 1. The zero-order valence-corrected chi connectivity index (χ0v) is 18.0. The molecule has 4 aliphatic carbocycles. The number of hydrogen-bond acceptors (Lipinski definition) is 4. The second-order valence-electron chi connectivity index (χ2n) is 9.99. The van der Waals surface area contributed by atoms with Gasteiger partial charge in [-0.15, -0.1) is 0 Å². The third-order valence-electron chi connectivity index (χ3n) is 7.57. The van der Waals surface area contributed by atoms with Gasteiger partial charge >= 0.3 is 0 Å². The van der Waals surface area contributed by atoms with Gasteiger partial charge in [-0.3, -0.25) is 9.20 Å². The number of hydrogen-bond donors (Lipinski definition) is 2. The number of aromatic nitrogens is 2. The predicted molar refractivity (Wildman–Crippen MR) is 116 cm³/mol. The van der Waals surface area contributed by atoms with E-state index in [9.17, 15) is 4.79 Å². The highest BCUT2D eigenvalue weighted by molar-refractivity contribution is 5.93. The van der Waals surface area contributed by atoms with Crippen LogP contribution >= 0.6 is 0 Å². The highest BCUT2D eigenvalue weighted by Gasteiger charge is 2.50. The Balaban J connectivity index is 1.24. The summed E-state index contributed by atoms with van der Waals surface area (Å²) in [5.41, 5.74) is 2.81. The van der Waals surface area contributed by atoms with Gasteiger partial charge in [0.15, 0.2) is 0 Å². The van der Waals surface area contributed by atoms with Gasteiger partial charge < -0.3 is 15.4 Å². The third-order valence-corrected chi connectivity index (χ3v) is 7.57. The number of nitrogens with zero attached hydrogens (tertiary/aromatic N) is 2. The van der Waals surface area contributed by atoms with E-state index in [2.05, 4.69) is 15.6 Å². The van der Waals surface area contributed by atoms with E-state index < -0.39 is 0 Å². The van der Waals surface area contributed by atoms with Gasteiger partial charge in [-0.05, 0) is 86.8 Å². The van der Waals surface area contributed by atoms with Gasteiger partial charge in [0.1, 0.15) is 11.3 Å². The summed E-state index contributed by atoms with van der Waals surface area (Å²) in [5, 5.41) is 6.70. The second kappa shape index (κ2) is 8.31. The van der Waals surface area contributed by atoms with E-state index in [0.29, 0.717) is 17.7 Å². The van der Waals surface area contributed by atoms with E-state index in [1.54, 1.807) is 7.11 Å². The van der Waals surface area contributed by atoms with Crippen molar-refractivity contribution in [1.82, 2.24) is 20.0 Å². The van der Waals surface area contributed by atoms with Crippen LogP contribution in [0.25, 0.3) is 5.65 Å². The molecule has 0 unspecified atom stereocenters. The molecule has 4 aliphatic rings. The van der Waals surface area contributed by atoms with Crippen LogP contribution in [0, 0.1) is 23.2 Å². The molecule has 6 heteroatoms. The van der Waals surface area contributed by atoms with Crippen molar-refractivity contribution in [2.45, 2.75) is 51.5 Å². The number of ether oxygens (including phenoxy) is 1. The number of nitrogens with one attached hydrogen (secondary N) is 2. The maximum atomic E-state index is 13.1. The number of pyridine rings is 1. The summed E-state index contributed by atoms with van der Waals surface area (Å²) in [5.74, 6) is 2.74. The average molecular weight is 411 g/mol. The highest BCUT2D eigenvalue weighted by atomic mass is 16.5. The van der Waals surface area contributed by atoms with Crippen molar-refractivity contribution in [3.05, 3.63) is 35.8 Å². The molecule has 4 bridgehead atoms. The summed E-state index contributed by atoms with van der Waals surface area (Å²) in [6.45, 7) is 3.17. The molecule has 0 aliphatic heterocycles. The summed E-state index contributed by atoms with van der Waals surface area (Å²) < 4.78 is 7.01. The van der Waals surface area contributed by atoms with Gasteiger partial charge in [0.25, 0.3) is 5.91 Å². The van der Waals surface area contributed by atoms with Crippen LogP contribution in [0.2, 0.25) is 0 Å². The lowest BCUT2D eigenvalue weighted by Gasteiger charge is -2.56. The molecule has 6 rings (SSSR count). The molecule has 0 atom stereocenters. The zero-order valence-electron chi connectivity index (χ0n) is 18.0. The fourth-order valence-corrected chi connectivity index (χ4v) is 6.75. The van der Waals surface area contributed by atoms with Crippen molar-refractivity contribution >= 4 is 11.6 Å². The fraction of sp³-hybridized carbons (Fsp3) is 0.667. The molecule has 2 N–H and O–H groups in total. The molecule has 2 heterocycles. The van der Waals surface area contributed by atoms with Crippen LogP contribution in [-0.4, -0.2) is 42.1 Å². The molecule has 2 aromatic heterocycles. The summed E-state index contributed by atoms with van der Waals surface area (Å²) in [6.07, 6.45) is 11.2. The van der Waals surface area contributed by atoms with Gasteiger partial charge in [-0.25, -0.2) is 4.98 Å². The Morgan fingerprint density at radius 1 is 1.20 bits per heavy atom. The zero-order chi connectivity index (χ0) is 20.6. The quantitative estimate of drug-likeness (QED) is 0.622. The van der Waals surface area contributed by atoms with Crippen LogP contribution in [0.4, 0.5) is 0 Å². The minimum atomic E-state index is 0.0216.